The highest BCUT2D eigenvalue weighted by Crippen LogP contribution is 2.22. The van der Waals surface area contributed by atoms with Crippen LogP contribution in [0.15, 0.2) is 18.2 Å². The molecule has 0 bridgehead atoms. The molecule has 0 heterocycles. The van der Waals surface area contributed by atoms with Gasteiger partial charge in [-0.05, 0) is 25.1 Å². The molecule has 1 aromatic carbocycles. The Labute approximate surface area is 102 Å². The topological polar surface area (TPSA) is 92.9 Å². The number of rotatable bonds is 2. The maximum absolute atomic E-state index is 11.7. The van der Waals surface area contributed by atoms with Crippen molar-refractivity contribution in [3.8, 4) is 5.75 Å². The van der Waals surface area contributed by atoms with Crippen molar-refractivity contribution in [3.05, 3.63) is 28.8 Å². The molecular formula is C10H11ClN2O4. The average molecular weight is 259 g/mol. The molecule has 0 aliphatic rings. The molecule has 2 amide bonds. The fraction of sp³-hybridized carbons (Fsp3) is 0.200. The summed E-state index contributed by atoms with van der Waals surface area (Å²) in [6, 6.07) is 3.84. The summed E-state index contributed by atoms with van der Waals surface area (Å²) >= 11 is 5.67. The molecule has 0 saturated heterocycles. The number of benzene rings is 1. The summed E-state index contributed by atoms with van der Waals surface area (Å²) in [6.45, 7) is 1.66. The number of hydrogen-bond donors (Lipinski definition) is 2. The van der Waals surface area contributed by atoms with E-state index in [4.69, 9.17) is 17.4 Å². The maximum Gasteiger partial charge on any atom is 0.431 e. The van der Waals surface area contributed by atoms with E-state index in [1.54, 1.807) is 6.92 Å². The molecule has 0 unspecified atom stereocenters. The summed E-state index contributed by atoms with van der Waals surface area (Å²) in [5, 5.41) is 9.96. The molecule has 0 fully saturated rings. The minimum atomic E-state index is -1.00. The first-order valence-corrected chi connectivity index (χ1v) is 5.09. The number of phenols is 1. The number of halogens is 1. The van der Waals surface area contributed by atoms with E-state index in [0.29, 0.717) is 0 Å². The van der Waals surface area contributed by atoms with Crippen LogP contribution in [0.2, 0.25) is 5.02 Å². The van der Waals surface area contributed by atoms with Gasteiger partial charge < -0.3 is 9.84 Å². The summed E-state index contributed by atoms with van der Waals surface area (Å²) < 4.78 is 4.54. The van der Waals surface area contributed by atoms with Gasteiger partial charge in [0.2, 0.25) is 0 Å². The van der Waals surface area contributed by atoms with Crippen molar-refractivity contribution < 1.29 is 19.4 Å². The van der Waals surface area contributed by atoms with Crippen molar-refractivity contribution in [2.24, 2.45) is 5.84 Å². The van der Waals surface area contributed by atoms with E-state index in [2.05, 4.69) is 4.74 Å². The minimum absolute atomic E-state index is 0.0847. The van der Waals surface area contributed by atoms with Gasteiger partial charge in [0, 0.05) is 5.02 Å². The third-order valence-corrected chi connectivity index (χ3v) is 2.11. The van der Waals surface area contributed by atoms with Gasteiger partial charge in [-0.3, -0.25) is 4.79 Å². The zero-order chi connectivity index (χ0) is 13.0. The van der Waals surface area contributed by atoms with Crippen LogP contribution in [0.4, 0.5) is 4.79 Å². The lowest BCUT2D eigenvalue weighted by molar-refractivity contribution is 0.0670. The van der Waals surface area contributed by atoms with Gasteiger partial charge >= 0.3 is 6.09 Å². The van der Waals surface area contributed by atoms with Crippen LogP contribution >= 0.6 is 11.6 Å². The Morgan fingerprint density at radius 2 is 2.18 bits per heavy atom. The lowest BCUT2D eigenvalue weighted by Crippen LogP contribution is -2.42. The fourth-order valence-corrected chi connectivity index (χ4v) is 1.26. The Balaban J connectivity index is 2.96. The number of ether oxygens (including phenoxy) is 1. The fourth-order valence-electron chi connectivity index (χ4n) is 1.09. The summed E-state index contributed by atoms with van der Waals surface area (Å²) in [6.07, 6.45) is -1.00. The van der Waals surface area contributed by atoms with Crippen LogP contribution in [0, 0.1) is 0 Å². The molecule has 0 saturated carbocycles. The Hall–Kier alpha value is -1.79. The molecule has 1 aromatic rings. The van der Waals surface area contributed by atoms with Crippen molar-refractivity contribution in [2.75, 3.05) is 6.61 Å². The number of carbonyl (C=O) groups is 2. The molecule has 0 aromatic heterocycles. The number of hydrazine groups is 1. The van der Waals surface area contributed by atoms with E-state index in [9.17, 15) is 14.7 Å². The highest BCUT2D eigenvalue weighted by Gasteiger charge is 2.23. The first-order chi connectivity index (χ1) is 7.97. The van der Waals surface area contributed by atoms with Crippen LogP contribution in [0.3, 0.4) is 0 Å². The SMILES string of the molecule is CCOC(=O)N(N)C(=O)c1cc(Cl)ccc1O. The van der Waals surface area contributed by atoms with Crippen LogP contribution in [0.1, 0.15) is 17.3 Å². The van der Waals surface area contributed by atoms with E-state index in [1.807, 2.05) is 0 Å². The second kappa shape index (κ2) is 5.51. The molecular weight excluding hydrogens is 248 g/mol. The van der Waals surface area contributed by atoms with Crippen molar-refractivity contribution >= 4 is 23.6 Å². The van der Waals surface area contributed by atoms with Crippen molar-refractivity contribution in [3.63, 3.8) is 0 Å². The molecule has 0 radical (unpaired) electrons. The molecule has 6 nitrogen and oxygen atoms in total. The Morgan fingerprint density at radius 1 is 1.53 bits per heavy atom. The van der Waals surface area contributed by atoms with E-state index in [0.717, 1.165) is 0 Å². The monoisotopic (exact) mass is 258 g/mol. The number of amides is 2. The number of hydrogen-bond acceptors (Lipinski definition) is 5. The molecule has 0 atom stereocenters. The number of imide groups is 1. The summed E-state index contributed by atoms with van der Waals surface area (Å²) in [4.78, 5) is 22.9. The first-order valence-electron chi connectivity index (χ1n) is 4.71. The molecule has 17 heavy (non-hydrogen) atoms. The third kappa shape index (κ3) is 3.08. The Bertz CT molecular complexity index is 450. The van der Waals surface area contributed by atoms with Gasteiger partial charge in [-0.15, -0.1) is 0 Å². The third-order valence-electron chi connectivity index (χ3n) is 1.87. The highest BCUT2D eigenvalue weighted by atomic mass is 35.5. The molecule has 3 N–H and O–H groups in total. The van der Waals surface area contributed by atoms with Crippen molar-refractivity contribution in [2.45, 2.75) is 6.92 Å². The number of phenolic OH excluding ortho intramolecular Hbond substituents is 1. The molecule has 7 heteroatoms. The van der Waals surface area contributed by atoms with Gasteiger partial charge in [-0.2, -0.15) is 5.01 Å². The summed E-state index contributed by atoms with van der Waals surface area (Å²) in [5.41, 5.74) is -0.173. The molecule has 0 aliphatic carbocycles. The largest absolute Gasteiger partial charge is 0.507 e. The molecule has 1 rings (SSSR count). The standard InChI is InChI=1S/C10H11ClN2O4/c1-2-17-10(16)13(12)9(15)7-5-6(11)3-4-8(7)14/h3-5,14H,2,12H2,1H3. The predicted molar refractivity (Wildman–Crippen MR) is 60.5 cm³/mol. The van der Waals surface area contributed by atoms with Crippen LogP contribution in [0.5, 0.6) is 5.75 Å². The zero-order valence-electron chi connectivity index (χ0n) is 9.01. The number of aromatic hydroxyl groups is 1. The van der Waals surface area contributed by atoms with Crippen LogP contribution < -0.4 is 5.84 Å². The van der Waals surface area contributed by atoms with Gasteiger partial charge in [0.1, 0.15) is 5.75 Å². The van der Waals surface area contributed by atoms with Crippen molar-refractivity contribution in [1.29, 1.82) is 0 Å². The van der Waals surface area contributed by atoms with Crippen molar-refractivity contribution in [1.82, 2.24) is 5.01 Å². The van der Waals surface area contributed by atoms with Gasteiger partial charge in [0.05, 0.1) is 12.2 Å². The average Bonchev–Trinajstić information content (AvgIpc) is 2.30. The number of nitrogens with two attached hydrogens (primary N) is 1. The van der Waals surface area contributed by atoms with Gasteiger partial charge in [-0.1, -0.05) is 11.6 Å². The van der Waals surface area contributed by atoms with Gasteiger partial charge in [0.15, 0.2) is 0 Å². The number of carbonyl (C=O) groups excluding carboxylic acids is 2. The maximum atomic E-state index is 11.7. The Morgan fingerprint density at radius 3 is 2.76 bits per heavy atom. The van der Waals surface area contributed by atoms with Gasteiger partial charge in [-0.25, -0.2) is 10.6 Å². The van der Waals surface area contributed by atoms with E-state index in [1.165, 1.54) is 18.2 Å². The zero-order valence-corrected chi connectivity index (χ0v) is 9.77. The molecule has 92 valence electrons. The molecule has 0 spiro atoms. The van der Waals surface area contributed by atoms with Crippen LogP contribution in [-0.2, 0) is 4.74 Å². The second-order valence-electron chi connectivity index (χ2n) is 3.04. The lowest BCUT2D eigenvalue weighted by atomic mass is 10.2. The Kier molecular flexibility index (Phi) is 4.30. The van der Waals surface area contributed by atoms with Gasteiger partial charge in [0.25, 0.3) is 5.91 Å². The molecule has 0 aliphatic heterocycles. The normalized spacial score (nSPS) is 9.82. The summed E-state index contributed by atoms with van der Waals surface area (Å²) in [5.74, 6) is 4.03. The smallest absolute Gasteiger partial charge is 0.431 e. The first kappa shape index (κ1) is 13.3. The lowest BCUT2D eigenvalue weighted by Gasteiger charge is -2.14. The summed E-state index contributed by atoms with van der Waals surface area (Å²) in [7, 11) is 0. The van der Waals surface area contributed by atoms with E-state index in [-0.39, 0.29) is 28.0 Å². The van der Waals surface area contributed by atoms with E-state index >= 15 is 0 Å². The predicted octanol–water partition coefficient (Wildman–Crippen LogP) is 1.52. The number of nitrogens with zero attached hydrogens (tertiary/aromatic N) is 1. The van der Waals surface area contributed by atoms with Crippen LogP contribution in [-0.4, -0.2) is 28.7 Å². The minimum Gasteiger partial charge on any atom is -0.507 e. The van der Waals surface area contributed by atoms with Crippen LogP contribution in [0.25, 0.3) is 0 Å². The quantitative estimate of drug-likeness (QED) is 0.477. The highest BCUT2D eigenvalue weighted by molar-refractivity contribution is 6.31. The van der Waals surface area contributed by atoms with E-state index < -0.39 is 12.0 Å². The second-order valence-corrected chi connectivity index (χ2v) is 3.47.